The largest absolute Gasteiger partial charge is 0.472 e. The van der Waals surface area contributed by atoms with Crippen molar-refractivity contribution in [2.45, 2.75) is 191 Å². The van der Waals surface area contributed by atoms with Crippen molar-refractivity contribution in [3.8, 4) is 0 Å². The number of phosphoric acid groups is 1. The highest BCUT2D eigenvalue weighted by atomic mass is 31.2. The lowest BCUT2D eigenvalue weighted by Crippen LogP contribution is -2.64. The highest BCUT2D eigenvalue weighted by Crippen LogP contribution is 2.47. The molecule has 0 aromatic rings. The maximum atomic E-state index is 12.7. The lowest BCUT2D eigenvalue weighted by molar-refractivity contribution is -0.220. The van der Waals surface area contributed by atoms with E-state index in [9.17, 15) is 39.8 Å². The minimum atomic E-state index is -5.00. The lowest BCUT2D eigenvalue weighted by Gasteiger charge is -2.41. The number of esters is 1. The van der Waals surface area contributed by atoms with Gasteiger partial charge in [-0.25, -0.2) is 4.57 Å². The van der Waals surface area contributed by atoms with Gasteiger partial charge in [0.25, 0.3) is 0 Å². The number of phosphoric ester groups is 1. The molecule has 0 aliphatic heterocycles. The third-order valence-corrected chi connectivity index (χ3v) is 9.87. The number of aliphatic hydroxyl groups is 5. The van der Waals surface area contributed by atoms with Gasteiger partial charge in [0.05, 0.1) is 13.2 Å². The van der Waals surface area contributed by atoms with Crippen molar-refractivity contribution in [3.63, 3.8) is 0 Å². The van der Waals surface area contributed by atoms with E-state index in [1.165, 1.54) is 64.2 Å². The summed E-state index contributed by atoms with van der Waals surface area (Å²) in [7, 11) is -5.00. The van der Waals surface area contributed by atoms with Gasteiger partial charge in [-0.15, -0.1) is 0 Å². The van der Waals surface area contributed by atoms with E-state index in [-0.39, 0.29) is 13.0 Å². The minimum Gasteiger partial charge on any atom is -0.457 e. The number of ether oxygens (including phenoxy) is 2. The van der Waals surface area contributed by atoms with Crippen molar-refractivity contribution in [3.05, 3.63) is 12.2 Å². The van der Waals surface area contributed by atoms with Gasteiger partial charge in [0.15, 0.2) is 0 Å². The number of carbonyl (C=O) groups excluding carboxylic acids is 1. The molecule has 0 spiro atoms. The zero-order valence-corrected chi connectivity index (χ0v) is 31.1. The van der Waals surface area contributed by atoms with Gasteiger partial charge in [0, 0.05) is 13.0 Å². The van der Waals surface area contributed by atoms with Gasteiger partial charge >= 0.3 is 13.8 Å². The molecule has 0 heterocycles. The molecule has 0 aromatic carbocycles. The number of unbranched alkanes of at least 4 members (excludes halogenated alkanes) is 17. The summed E-state index contributed by atoms with van der Waals surface area (Å²) in [6, 6.07) is 0. The fourth-order valence-corrected chi connectivity index (χ4v) is 6.73. The second-order valence-electron chi connectivity index (χ2n) is 13.4. The standard InChI is InChI=1S/C36H69O12P/c1-3-5-7-9-11-13-14-15-16-17-19-21-23-25-30(37)47-29(27-45-26-24-22-20-18-12-10-8-6-4-2)28-46-49(43,44)48-36-34(41)32(39)31(38)33(40)35(36)42/h13-14,29,31-36,38-42H,3-12,15-28H2,1-2H3,(H,43,44)/b14-13-. The number of allylic oxidation sites excluding steroid dienone is 2. The second-order valence-corrected chi connectivity index (χ2v) is 14.8. The maximum Gasteiger partial charge on any atom is 0.472 e. The van der Waals surface area contributed by atoms with Crippen molar-refractivity contribution in [2.75, 3.05) is 19.8 Å². The Morgan fingerprint density at radius 2 is 1.08 bits per heavy atom. The topological polar surface area (TPSA) is 192 Å². The van der Waals surface area contributed by atoms with Gasteiger partial charge in [-0.2, -0.15) is 0 Å². The predicted molar refractivity (Wildman–Crippen MR) is 189 cm³/mol. The van der Waals surface area contributed by atoms with Gasteiger partial charge in [-0.3, -0.25) is 13.8 Å². The van der Waals surface area contributed by atoms with Crippen molar-refractivity contribution in [2.24, 2.45) is 0 Å². The molecule has 1 aliphatic carbocycles. The third kappa shape index (κ3) is 21.9. The molecule has 0 radical (unpaired) electrons. The number of aliphatic hydroxyl groups excluding tert-OH is 5. The van der Waals surface area contributed by atoms with Crippen molar-refractivity contribution < 1.29 is 58.3 Å². The highest BCUT2D eigenvalue weighted by molar-refractivity contribution is 7.47. The minimum absolute atomic E-state index is 0.0762. The van der Waals surface area contributed by atoms with E-state index in [1.54, 1.807) is 0 Å². The smallest absolute Gasteiger partial charge is 0.457 e. The maximum absolute atomic E-state index is 12.7. The van der Waals surface area contributed by atoms with E-state index >= 15 is 0 Å². The summed E-state index contributed by atoms with van der Waals surface area (Å²) >= 11 is 0. The van der Waals surface area contributed by atoms with Gasteiger partial charge in [-0.05, 0) is 38.5 Å². The molecule has 1 rings (SSSR count). The van der Waals surface area contributed by atoms with E-state index in [1.807, 2.05) is 0 Å². The predicted octanol–water partition coefficient (Wildman–Crippen LogP) is 6.02. The zero-order valence-electron chi connectivity index (χ0n) is 30.2. The van der Waals surface area contributed by atoms with Crippen LogP contribution in [0.2, 0.25) is 0 Å². The summed E-state index contributed by atoms with van der Waals surface area (Å²) in [6.07, 6.45) is 14.4. The van der Waals surface area contributed by atoms with Crippen LogP contribution in [-0.2, 0) is 27.9 Å². The Morgan fingerprint density at radius 1 is 0.633 bits per heavy atom. The van der Waals surface area contributed by atoms with Crippen molar-refractivity contribution >= 4 is 13.8 Å². The Labute approximate surface area is 295 Å². The second kappa shape index (κ2) is 28.6. The first-order chi connectivity index (χ1) is 23.5. The van der Waals surface area contributed by atoms with Gasteiger partial charge in [0.1, 0.15) is 42.7 Å². The van der Waals surface area contributed by atoms with Gasteiger partial charge in [0.2, 0.25) is 0 Å². The molecule has 49 heavy (non-hydrogen) atoms. The van der Waals surface area contributed by atoms with Crippen LogP contribution in [0.3, 0.4) is 0 Å². The summed E-state index contributed by atoms with van der Waals surface area (Å²) in [5, 5.41) is 49.9. The molecule has 0 aromatic heterocycles. The van der Waals surface area contributed by atoms with Crippen LogP contribution in [0.25, 0.3) is 0 Å². The average molecular weight is 725 g/mol. The third-order valence-electron chi connectivity index (χ3n) is 8.89. The monoisotopic (exact) mass is 724 g/mol. The van der Waals surface area contributed by atoms with Crippen LogP contribution in [0.15, 0.2) is 12.2 Å². The fraction of sp³-hybridized carbons (Fsp3) is 0.917. The zero-order chi connectivity index (χ0) is 36.3. The van der Waals surface area contributed by atoms with Crippen LogP contribution >= 0.6 is 7.82 Å². The molecule has 0 bridgehead atoms. The Kier molecular flexibility index (Phi) is 26.9. The Hall–Kier alpha value is -0.920. The molecule has 13 heteroatoms. The molecule has 0 amide bonds. The summed E-state index contributed by atoms with van der Waals surface area (Å²) in [5.41, 5.74) is 0. The molecule has 6 N–H and O–H groups in total. The number of hydrogen-bond donors (Lipinski definition) is 6. The van der Waals surface area contributed by atoms with E-state index in [4.69, 9.17) is 18.5 Å². The molecule has 1 aliphatic rings. The van der Waals surface area contributed by atoms with Gasteiger partial charge < -0.3 is 39.9 Å². The van der Waals surface area contributed by atoms with Crippen LogP contribution in [0, 0.1) is 0 Å². The highest BCUT2D eigenvalue weighted by Gasteiger charge is 2.51. The van der Waals surface area contributed by atoms with Crippen molar-refractivity contribution in [1.82, 2.24) is 0 Å². The fourth-order valence-electron chi connectivity index (χ4n) is 5.76. The molecule has 0 saturated heterocycles. The molecule has 1 fully saturated rings. The summed E-state index contributed by atoms with van der Waals surface area (Å²) in [4.78, 5) is 22.9. The summed E-state index contributed by atoms with van der Waals surface area (Å²) < 4.78 is 33.9. The molecule has 12 nitrogen and oxygen atoms in total. The molecule has 6 atom stereocenters. The van der Waals surface area contributed by atoms with Crippen LogP contribution in [0.4, 0.5) is 0 Å². The molecule has 6 unspecified atom stereocenters. The average Bonchev–Trinajstić information content (AvgIpc) is 3.08. The SMILES string of the molecule is CCCCCC/C=C\CCCCCCCC(=O)OC(COCCCCCCCCCCC)COP(=O)(O)OC1C(O)C(O)C(O)C(O)C1O. The van der Waals surface area contributed by atoms with Crippen molar-refractivity contribution in [1.29, 1.82) is 0 Å². The summed E-state index contributed by atoms with van der Waals surface area (Å²) in [5.74, 6) is -0.488. The lowest BCUT2D eigenvalue weighted by atomic mass is 9.85. The molecule has 1 saturated carbocycles. The Balaban J connectivity index is 2.49. The number of hydrogen-bond acceptors (Lipinski definition) is 11. The molecule has 290 valence electrons. The first-order valence-corrected chi connectivity index (χ1v) is 20.5. The Bertz CT molecular complexity index is 874. The number of carbonyl (C=O) groups is 1. The van der Waals surface area contributed by atoms with Crippen LogP contribution < -0.4 is 0 Å². The Morgan fingerprint density at radius 3 is 1.63 bits per heavy atom. The van der Waals surface area contributed by atoms with Crippen LogP contribution in [-0.4, -0.2) is 98.9 Å². The van der Waals surface area contributed by atoms with Crippen LogP contribution in [0.1, 0.15) is 149 Å². The molecular formula is C36H69O12P. The number of rotatable bonds is 31. The first kappa shape index (κ1) is 46.1. The van der Waals surface area contributed by atoms with E-state index in [0.717, 1.165) is 57.8 Å². The first-order valence-electron chi connectivity index (χ1n) is 19.0. The van der Waals surface area contributed by atoms with E-state index in [0.29, 0.717) is 13.0 Å². The molecular weight excluding hydrogens is 655 g/mol. The van der Waals surface area contributed by atoms with Gasteiger partial charge in [-0.1, -0.05) is 116 Å². The van der Waals surface area contributed by atoms with E-state index < -0.39 is 63.1 Å². The summed E-state index contributed by atoms with van der Waals surface area (Å²) in [6.45, 7) is 4.18. The quantitative estimate of drug-likeness (QED) is 0.0211. The normalized spacial score (nSPS) is 24.7. The van der Waals surface area contributed by atoms with Crippen LogP contribution in [0.5, 0.6) is 0 Å². The van der Waals surface area contributed by atoms with E-state index in [2.05, 4.69) is 26.0 Å².